The number of nitrogens with one attached hydrogen (secondary N) is 1. The van der Waals surface area contributed by atoms with Crippen LogP contribution in [0.25, 0.3) is 0 Å². The van der Waals surface area contributed by atoms with Gasteiger partial charge in [0.2, 0.25) is 0 Å². The van der Waals surface area contributed by atoms with Crippen LogP contribution >= 0.6 is 0 Å². The Hall–Kier alpha value is -1.02. The summed E-state index contributed by atoms with van der Waals surface area (Å²) in [5.74, 6) is 1.63. The van der Waals surface area contributed by atoms with Crippen LogP contribution in [0.15, 0.2) is 24.3 Å². The van der Waals surface area contributed by atoms with E-state index >= 15 is 0 Å². The lowest BCUT2D eigenvalue weighted by atomic mass is 9.90. The summed E-state index contributed by atoms with van der Waals surface area (Å²) < 4.78 is 5.26. The Morgan fingerprint density at radius 3 is 2.65 bits per heavy atom. The molecule has 1 N–H and O–H groups in total. The zero-order chi connectivity index (χ0) is 12.7. The van der Waals surface area contributed by atoms with E-state index in [2.05, 4.69) is 44.3 Å². The van der Waals surface area contributed by atoms with Crippen LogP contribution in [0.3, 0.4) is 0 Å². The van der Waals surface area contributed by atoms with Crippen molar-refractivity contribution in [2.75, 3.05) is 13.7 Å². The molecule has 0 saturated heterocycles. The topological polar surface area (TPSA) is 21.3 Å². The molecule has 96 valence electrons. The monoisotopic (exact) mass is 235 g/mol. The summed E-state index contributed by atoms with van der Waals surface area (Å²) in [6.45, 7) is 7.74. The Labute approximate surface area is 105 Å². The summed E-state index contributed by atoms with van der Waals surface area (Å²) in [6, 6.07) is 8.96. The molecule has 2 unspecified atom stereocenters. The van der Waals surface area contributed by atoms with Crippen LogP contribution in [0.4, 0.5) is 0 Å². The molecule has 1 rings (SSSR count). The number of benzene rings is 1. The molecular formula is C15H25NO. The van der Waals surface area contributed by atoms with Crippen molar-refractivity contribution >= 4 is 0 Å². The Balaban J connectivity index is 2.66. The first-order valence-corrected chi connectivity index (χ1v) is 6.57. The minimum absolute atomic E-state index is 0.566. The Morgan fingerprint density at radius 1 is 1.29 bits per heavy atom. The smallest absolute Gasteiger partial charge is 0.119 e. The van der Waals surface area contributed by atoms with Gasteiger partial charge in [-0.3, -0.25) is 0 Å². The molecule has 0 heterocycles. The lowest BCUT2D eigenvalue weighted by Gasteiger charge is -2.23. The van der Waals surface area contributed by atoms with E-state index in [1.165, 1.54) is 12.0 Å². The van der Waals surface area contributed by atoms with Crippen molar-refractivity contribution in [2.45, 2.75) is 39.7 Å². The van der Waals surface area contributed by atoms with Gasteiger partial charge < -0.3 is 10.1 Å². The first-order chi connectivity index (χ1) is 8.21. The molecular weight excluding hydrogens is 210 g/mol. The normalized spacial score (nSPS) is 14.4. The fourth-order valence-electron chi connectivity index (χ4n) is 2.27. The highest BCUT2D eigenvalue weighted by Crippen LogP contribution is 2.19. The number of hydrogen-bond donors (Lipinski definition) is 1. The van der Waals surface area contributed by atoms with Crippen molar-refractivity contribution in [2.24, 2.45) is 5.92 Å². The molecule has 0 saturated carbocycles. The SMILES string of the molecule is CCNC(C)C(CC)Cc1cccc(OC)c1. The van der Waals surface area contributed by atoms with Gasteiger partial charge in [0.15, 0.2) is 0 Å². The highest BCUT2D eigenvalue weighted by atomic mass is 16.5. The van der Waals surface area contributed by atoms with E-state index in [0.29, 0.717) is 12.0 Å². The van der Waals surface area contributed by atoms with Crippen molar-refractivity contribution in [3.8, 4) is 5.75 Å². The quantitative estimate of drug-likeness (QED) is 0.783. The van der Waals surface area contributed by atoms with Crippen LogP contribution in [0.5, 0.6) is 5.75 Å². The maximum absolute atomic E-state index is 5.26. The molecule has 1 aromatic rings. The van der Waals surface area contributed by atoms with Gasteiger partial charge in [0.25, 0.3) is 0 Å². The van der Waals surface area contributed by atoms with E-state index < -0.39 is 0 Å². The molecule has 17 heavy (non-hydrogen) atoms. The molecule has 2 nitrogen and oxygen atoms in total. The third-order valence-electron chi connectivity index (χ3n) is 3.39. The lowest BCUT2D eigenvalue weighted by molar-refractivity contribution is 0.366. The predicted octanol–water partition coefficient (Wildman–Crippen LogP) is 3.26. The summed E-state index contributed by atoms with van der Waals surface area (Å²) >= 11 is 0. The summed E-state index contributed by atoms with van der Waals surface area (Å²) in [4.78, 5) is 0. The molecule has 2 atom stereocenters. The Kier molecular flexibility index (Phi) is 6.06. The van der Waals surface area contributed by atoms with Crippen molar-refractivity contribution in [1.82, 2.24) is 5.32 Å². The van der Waals surface area contributed by atoms with Gasteiger partial charge >= 0.3 is 0 Å². The van der Waals surface area contributed by atoms with Crippen LogP contribution in [-0.2, 0) is 6.42 Å². The molecule has 1 aromatic carbocycles. The van der Waals surface area contributed by atoms with E-state index in [4.69, 9.17) is 4.74 Å². The van der Waals surface area contributed by atoms with Crippen LogP contribution in [0, 0.1) is 5.92 Å². The number of rotatable bonds is 7. The second-order valence-electron chi connectivity index (χ2n) is 4.57. The molecule has 0 fully saturated rings. The average Bonchev–Trinajstić information content (AvgIpc) is 2.36. The summed E-state index contributed by atoms with van der Waals surface area (Å²) in [5, 5.41) is 3.51. The van der Waals surface area contributed by atoms with Crippen molar-refractivity contribution in [3.05, 3.63) is 29.8 Å². The van der Waals surface area contributed by atoms with Gasteiger partial charge in [-0.25, -0.2) is 0 Å². The fraction of sp³-hybridized carbons (Fsp3) is 0.600. The van der Waals surface area contributed by atoms with Gasteiger partial charge in [-0.2, -0.15) is 0 Å². The highest BCUT2D eigenvalue weighted by molar-refractivity contribution is 5.28. The van der Waals surface area contributed by atoms with Gasteiger partial charge in [0.1, 0.15) is 5.75 Å². The Morgan fingerprint density at radius 2 is 2.06 bits per heavy atom. The minimum atomic E-state index is 0.566. The van der Waals surface area contributed by atoms with Gasteiger partial charge in [-0.05, 0) is 43.5 Å². The summed E-state index contributed by atoms with van der Waals surface area (Å²) in [6.07, 6.45) is 2.31. The molecule has 0 aliphatic heterocycles. The molecule has 0 amide bonds. The van der Waals surface area contributed by atoms with Crippen molar-refractivity contribution in [3.63, 3.8) is 0 Å². The number of hydrogen-bond acceptors (Lipinski definition) is 2. The first-order valence-electron chi connectivity index (χ1n) is 6.57. The molecule has 0 radical (unpaired) electrons. The van der Waals surface area contributed by atoms with Gasteiger partial charge in [0, 0.05) is 6.04 Å². The zero-order valence-corrected chi connectivity index (χ0v) is 11.5. The van der Waals surface area contributed by atoms with E-state index in [-0.39, 0.29) is 0 Å². The minimum Gasteiger partial charge on any atom is -0.497 e. The second kappa shape index (κ2) is 7.33. The summed E-state index contributed by atoms with van der Waals surface area (Å²) in [7, 11) is 1.72. The molecule has 0 aliphatic rings. The number of ether oxygens (including phenoxy) is 1. The predicted molar refractivity (Wildman–Crippen MR) is 73.6 cm³/mol. The lowest BCUT2D eigenvalue weighted by Crippen LogP contribution is -2.34. The fourth-order valence-corrected chi connectivity index (χ4v) is 2.27. The first kappa shape index (κ1) is 14.0. The third kappa shape index (κ3) is 4.39. The molecule has 0 bridgehead atoms. The van der Waals surface area contributed by atoms with Gasteiger partial charge in [-0.15, -0.1) is 0 Å². The van der Waals surface area contributed by atoms with Crippen LogP contribution in [0.2, 0.25) is 0 Å². The second-order valence-corrected chi connectivity index (χ2v) is 4.57. The maximum atomic E-state index is 5.26. The van der Waals surface area contributed by atoms with Crippen molar-refractivity contribution < 1.29 is 4.74 Å². The van der Waals surface area contributed by atoms with Gasteiger partial charge in [0.05, 0.1) is 7.11 Å². The van der Waals surface area contributed by atoms with Crippen LogP contribution in [0.1, 0.15) is 32.8 Å². The average molecular weight is 235 g/mol. The van der Waals surface area contributed by atoms with E-state index in [9.17, 15) is 0 Å². The maximum Gasteiger partial charge on any atom is 0.119 e. The van der Waals surface area contributed by atoms with E-state index in [0.717, 1.165) is 18.7 Å². The molecule has 0 spiro atoms. The van der Waals surface area contributed by atoms with E-state index in [1.807, 2.05) is 6.07 Å². The largest absolute Gasteiger partial charge is 0.497 e. The van der Waals surface area contributed by atoms with Crippen molar-refractivity contribution in [1.29, 1.82) is 0 Å². The van der Waals surface area contributed by atoms with Gasteiger partial charge in [-0.1, -0.05) is 32.4 Å². The van der Waals surface area contributed by atoms with Crippen LogP contribution < -0.4 is 10.1 Å². The zero-order valence-electron chi connectivity index (χ0n) is 11.5. The number of methoxy groups -OCH3 is 1. The third-order valence-corrected chi connectivity index (χ3v) is 3.39. The van der Waals surface area contributed by atoms with E-state index in [1.54, 1.807) is 7.11 Å². The molecule has 2 heteroatoms. The Bertz CT molecular complexity index is 324. The molecule has 0 aliphatic carbocycles. The summed E-state index contributed by atoms with van der Waals surface area (Å²) in [5.41, 5.74) is 1.36. The molecule has 0 aromatic heterocycles. The standard InChI is InChI=1S/C15H25NO/c1-5-14(12(3)16-6-2)10-13-8-7-9-15(11-13)17-4/h7-9,11-12,14,16H,5-6,10H2,1-4H3. The highest BCUT2D eigenvalue weighted by Gasteiger charge is 2.15. The van der Waals surface area contributed by atoms with Crippen LogP contribution in [-0.4, -0.2) is 19.7 Å².